The molecule has 1 atom stereocenters. The Kier molecular flexibility index (Phi) is 5.34. The van der Waals surface area contributed by atoms with Crippen molar-refractivity contribution in [3.8, 4) is 0 Å². The lowest BCUT2D eigenvalue weighted by molar-refractivity contribution is 0.528. The lowest BCUT2D eigenvalue weighted by Gasteiger charge is -2.13. The van der Waals surface area contributed by atoms with Crippen molar-refractivity contribution in [3.63, 3.8) is 0 Å². The Balaban J connectivity index is 1.61. The molecule has 0 aliphatic carbocycles. The molecule has 0 spiro atoms. The summed E-state index contributed by atoms with van der Waals surface area (Å²) in [6.07, 6.45) is 7.95. The van der Waals surface area contributed by atoms with E-state index in [2.05, 4.69) is 71.2 Å². The lowest BCUT2D eigenvalue weighted by atomic mass is 10.1. The molecule has 0 amide bonds. The molecule has 25 heavy (non-hydrogen) atoms. The summed E-state index contributed by atoms with van der Waals surface area (Å²) in [6, 6.07) is 9.38. The molecule has 3 aromatic rings. The molecule has 0 saturated carbocycles. The maximum Gasteiger partial charge on any atom is 0.105 e. The van der Waals surface area contributed by atoms with E-state index in [0.29, 0.717) is 6.04 Å². The van der Waals surface area contributed by atoms with Crippen molar-refractivity contribution in [1.29, 1.82) is 0 Å². The number of aryl methyl sites for hydroxylation is 1. The van der Waals surface area contributed by atoms with E-state index in [9.17, 15) is 0 Å². The monoisotopic (exact) mass is 337 g/mol. The quantitative estimate of drug-likeness (QED) is 0.712. The third-order valence-electron chi connectivity index (χ3n) is 4.53. The van der Waals surface area contributed by atoms with E-state index in [0.717, 1.165) is 18.9 Å². The molecule has 0 radical (unpaired) electrons. The topological polar surface area (TPSA) is 47.7 Å². The van der Waals surface area contributed by atoms with Crippen molar-refractivity contribution in [3.05, 3.63) is 71.6 Å². The van der Waals surface area contributed by atoms with Crippen LogP contribution in [0, 0.1) is 6.92 Å². The fraction of sp³-hybridized carbons (Fsp3) is 0.400. The molecule has 2 heterocycles. The van der Waals surface area contributed by atoms with Crippen LogP contribution in [0.5, 0.6) is 0 Å². The molecular formula is C20H27N5. The zero-order valence-corrected chi connectivity index (χ0v) is 15.5. The van der Waals surface area contributed by atoms with Gasteiger partial charge in [0.15, 0.2) is 0 Å². The van der Waals surface area contributed by atoms with Gasteiger partial charge in [0, 0.05) is 49.3 Å². The highest BCUT2D eigenvalue weighted by Gasteiger charge is 2.09. The fourth-order valence-corrected chi connectivity index (χ4v) is 2.85. The Morgan fingerprint density at radius 2 is 1.96 bits per heavy atom. The molecule has 5 heteroatoms. The van der Waals surface area contributed by atoms with Gasteiger partial charge < -0.3 is 9.88 Å². The molecule has 3 rings (SSSR count). The molecule has 0 unspecified atom stereocenters. The van der Waals surface area contributed by atoms with Crippen LogP contribution in [0.15, 0.2) is 49.1 Å². The molecule has 0 fully saturated rings. The standard InChI is InChI=1S/C20H27N5/c1-15(2)25-14-20(12-23-25)16(3)22-11-18-6-5-7-19(10-18)13-24-9-8-21-17(24)4/h5-10,12,14-16,22H,11,13H2,1-4H3/t16-/m0/s1. The fourth-order valence-electron chi connectivity index (χ4n) is 2.85. The Morgan fingerprint density at radius 3 is 2.64 bits per heavy atom. The molecule has 1 aromatic carbocycles. The first-order valence-electron chi connectivity index (χ1n) is 8.86. The van der Waals surface area contributed by atoms with Gasteiger partial charge >= 0.3 is 0 Å². The van der Waals surface area contributed by atoms with E-state index in [1.54, 1.807) is 0 Å². The minimum atomic E-state index is 0.270. The summed E-state index contributed by atoms with van der Waals surface area (Å²) < 4.78 is 4.16. The van der Waals surface area contributed by atoms with Crippen molar-refractivity contribution in [2.75, 3.05) is 0 Å². The highest BCUT2D eigenvalue weighted by Crippen LogP contribution is 2.15. The Morgan fingerprint density at radius 1 is 1.16 bits per heavy atom. The molecule has 132 valence electrons. The van der Waals surface area contributed by atoms with E-state index in [4.69, 9.17) is 0 Å². The van der Waals surface area contributed by atoms with Gasteiger partial charge in [-0.15, -0.1) is 0 Å². The number of rotatable bonds is 7. The van der Waals surface area contributed by atoms with Gasteiger partial charge in [-0.25, -0.2) is 4.98 Å². The summed E-state index contributed by atoms with van der Waals surface area (Å²) in [4.78, 5) is 4.29. The SMILES string of the molecule is Cc1nccn1Cc1cccc(CN[C@@H](C)c2cnn(C(C)C)c2)c1. The number of imidazole rings is 1. The predicted molar refractivity (Wildman–Crippen MR) is 100 cm³/mol. The number of aromatic nitrogens is 4. The summed E-state index contributed by atoms with van der Waals surface area (Å²) >= 11 is 0. The van der Waals surface area contributed by atoms with Crippen molar-refractivity contribution in [2.24, 2.45) is 0 Å². The normalized spacial score (nSPS) is 12.7. The summed E-state index contributed by atoms with van der Waals surface area (Å²) in [7, 11) is 0. The van der Waals surface area contributed by atoms with E-state index in [1.807, 2.05) is 30.2 Å². The van der Waals surface area contributed by atoms with Gasteiger partial charge in [-0.1, -0.05) is 24.3 Å². The Labute approximate surface area is 149 Å². The smallest absolute Gasteiger partial charge is 0.105 e. The molecule has 2 aromatic heterocycles. The Bertz CT molecular complexity index is 815. The predicted octanol–water partition coefficient (Wildman–Crippen LogP) is 3.87. The van der Waals surface area contributed by atoms with Crippen LogP contribution >= 0.6 is 0 Å². The van der Waals surface area contributed by atoms with Gasteiger partial charge in [-0.3, -0.25) is 4.68 Å². The van der Waals surface area contributed by atoms with E-state index >= 15 is 0 Å². The molecule has 5 nitrogen and oxygen atoms in total. The maximum absolute atomic E-state index is 4.42. The summed E-state index contributed by atoms with van der Waals surface area (Å²) in [5, 5.41) is 8.02. The first-order chi connectivity index (χ1) is 12.0. The molecule has 0 saturated heterocycles. The minimum absolute atomic E-state index is 0.270. The van der Waals surface area contributed by atoms with Gasteiger partial charge in [0.05, 0.1) is 6.20 Å². The molecular weight excluding hydrogens is 310 g/mol. The first-order valence-corrected chi connectivity index (χ1v) is 8.86. The van der Waals surface area contributed by atoms with Gasteiger partial charge in [0.1, 0.15) is 5.82 Å². The van der Waals surface area contributed by atoms with Crippen LogP contribution in [-0.4, -0.2) is 19.3 Å². The van der Waals surface area contributed by atoms with Crippen LogP contribution in [0.3, 0.4) is 0 Å². The average Bonchev–Trinajstić information content (AvgIpc) is 3.23. The van der Waals surface area contributed by atoms with Gasteiger partial charge in [0.2, 0.25) is 0 Å². The van der Waals surface area contributed by atoms with Crippen LogP contribution in [0.4, 0.5) is 0 Å². The van der Waals surface area contributed by atoms with Crippen LogP contribution in [0.25, 0.3) is 0 Å². The minimum Gasteiger partial charge on any atom is -0.331 e. The number of benzene rings is 1. The average molecular weight is 337 g/mol. The second kappa shape index (κ2) is 7.66. The highest BCUT2D eigenvalue weighted by molar-refractivity contribution is 5.24. The first kappa shape index (κ1) is 17.4. The zero-order valence-electron chi connectivity index (χ0n) is 15.5. The van der Waals surface area contributed by atoms with Crippen LogP contribution in [0.1, 0.15) is 55.4 Å². The number of hydrogen-bond donors (Lipinski definition) is 1. The number of nitrogens with one attached hydrogen (secondary N) is 1. The van der Waals surface area contributed by atoms with Crippen molar-refractivity contribution >= 4 is 0 Å². The summed E-state index contributed by atoms with van der Waals surface area (Å²) in [5.41, 5.74) is 3.80. The summed E-state index contributed by atoms with van der Waals surface area (Å²) in [5.74, 6) is 1.04. The van der Waals surface area contributed by atoms with Crippen LogP contribution in [0.2, 0.25) is 0 Å². The van der Waals surface area contributed by atoms with Crippen LogP contribution in [-0.2, 0) is 13.1 Å². The van der Waals surface area contributed by atoms with E-state index in [1.165, 1.54) is 16.7 Å². The third-order valence-corrected chi connectivity index (χ3v) is 4.53. The van der Waals surface area contributed by atoms with E-state index in [-0.39, 0.29) is 6.04 Å². The number of nitrogens with zero attached hydrogens (tertiary/aromatic N) is 4. The molecule has 1 N–H and O–H groups in total. The second-order valence-corrected chi connectivity index (χ2v) is 6.87. The molecule has 0 aliphatic rings. The lowest BCUT2D eigenvalue weighted by Crippen LogP contribution is -2.18. The largest absolute Gasteiger partial charge is 0.331 e. The van der Waals surface area contributed by atoms with Gasteiger partial charge in [-0.2, -0.15) is 5.10 Å². The zero-order chi connectivity index (χ0) is 17.8. The Hall–Kier alpha value is -2.40. The van der Waals surface area contributed by atoms with Crippen molar-refractivity contribution in [1.82, 2.24) is 24.6 Å². The second-order valence-electron chi connectivity index (χ2n) is 6.87. The maximum atomic E-state index is 4.42. The van der Waals surface area contributed by atoms with Gasteiger partial charge in [0.25, 0.3) is 0 Å². The third kappa shape index (κ3) is 4.37. The van der Waals surface area contributed by atoms with Crippen molar-refractivity contribution < 1.29 is 0 Å². The van der Waals surface area contributed by atoms with Crippen LogP contribution < -0.4 is 5.32 Å². The number of hydrogen-bond acceptors (Lipinski definition) is 3. The molecule has 0 bridgehead atoms. The summed E-state index contributed by atoms with van der Waals surface area (Å²) in [6.45, 7) is 10.2. The van der Waals surface area contributed by atoms with E-state index < -0.39 is 0 Å². The van der Waals surface area contributed by atoms with Gasteiger partial charge in [-0.05, 0) is 38.8 Å². The van der Waals surface area contributed by atoms with Crippen molar-refractivity contribution in [2.45, 2.75) is 52.9 Å². The molecule has 0 aliphatic heterocycles. The highest BCUT2D eigenvalue weighted by atomic mass is 15.3.